The van der Waals surface area contributed by atoms with Gasteiger partial charge in [-0.2, -0.15) is 0 Å². The van der Waals surface area contributed by atoms with E-state index < -0.39 is 10.0 Å². The number of primary sulfonamides is 1. The van der Waals surface area contributed by atoms with Gasteiger partial charge in [-0.25, -0.2) is 13.6 Å². The Labute approximate surface area is 118 Å². The van der Waals surface area contributed by atoms with Crippen molar-refractivity contribution in [2.75, 3.05) is 6.61 Å². The van der Waals surface area contributed by atoms with E-state index in [-0.39, 0.29) is 4.90 Å². The molecule has 3 rings (SSSR count). The lowest BCUT2D eigenvalue weighted by atomic mass is 10.00. The van der Waals surface area contributed by atoms with Crippen molar-refractivity contribution in [3.8, 4) is 16.9 Å². The Kier molecular flexibility index (Phi) is 3.23. The molecule has 1 aliphatic rings. The molecule has 1 heterocycles. The maximum atomic E-state index is 11.2. The highest BCUT2D eigenvalue weighted by atomic mass is 32.2. The van der Waals surface area contributed by atoms with Crippen molar-refractivity contribution in [1.82, 2.24) is 0 Å². The zero-order valence-electron chi connectivity index (χ0n) is 10.9. The minimum absolute atomic E-state index is 0.121. The van der Waals surface area contributed by atoms with Crippen LogP contribution in [0.4, 0.5) is 0 Å². The highest BCUT2D eigenvalue weighted by Crippen LogP contribution is 2.30. The fourth-order valence-corrected chi connectivity index (χ4v) is 2.87. The number of fused-ring (bicyclic) bond motifs is 1. The summed E-state index contributed by atoms with van der Waals surface area (Å²) < 4.78 is 28.1. The fourth-order valence-electron chi connectivity index (χ4n) is 2.36. The summed E-state index contributed by atoms with van der Waals surface area (Å²) in [7, 11) is -3.64. The van der Waals surface area contributed by atoms with Crippen molar-refractivity contribution in [1.29, 1.82) is 0 Å². The van der Waals surface area contributed by atoms with E-state index in [4.69, 9.17) is 9.88 Å². The molecule has 0 unspecified atom stereocenters. The van der Waals surface area contributed by atoms with Gasteiger partial charge >= 0.3 is 0 Å². The van der Waals surface area contributed by atoms with Crippen LogP contribution in [-0.4, -0.2) is 15.0 Å². The second kappa shape index (κ2) is 4.92. The normalized spacial score (nSPS) is 14.4. The highest BCUT2D eigenvalue weighted by molar-refractivity contribution is 7.89. The van der Waals surface area contributed by atoms with Gasteiger partial charge in [-0.3, -0.25) is 0 Å². The van der Waals surface area contributed by atoms with Gasteiger partial charge in [-0.15, -0.1) is 0 Å². The highest BCUT2D eigenvalue weighted by Gasteiger charge is 2.12. The van der Waals surface area contributed by atoms with E-state index in [9.17, 15) is 8.42 Å². The van der Waals surface area contributed by atoms with Gasteiger partial charge in [-0.1, -0.05) is 24.3 Å². The van der Waals surface area contributed by atoms with E-state index >= 15 is 0 Å². The van der Waals surface area contributed by atoms with Crippen LogP contribution in [0.15, 0.2) is 47.4 Å². The molecule has 0 saturated heterocycles. The molecule has 0 aliphatic carbocycles. The number of hydrogen-bond acceptors (Lipinski definition) is 3. The zero-order valence-corrected chi connectivity index (χ0v) is 11.7. The summed E-state index contributed by atoms with van der Waals surface area (Å²) >= 11 is 0. The summed E-state index contributed by atoms with van der Waals surface area (Å²) in [4.78, 5) is 0.121. The van der Waals surface area contributed by atoms with E-state index in [1.54, 1.807) is 12.1 Å². The van der Waals surface area contributed by atoms with Crippen LogP contribution in [0.5, 0.6) is 5.75 Å². The molecule has 0 bridgehead atoms. The molecule has 4 nitrogen and oxygen atoms in total. The van der Waals surface area contributed by atoms with Crippen molar-refractivity contribution in [3.05, 3.63) is 48.0 Å². The van der Waals surface area contributed by atoms with Crippen LogP contribution in [0.25, 0.3) is 11.1 Å². The molecular weight excluding hydrogens is 274 g/mol. The van der Waals surface area contributed by atoms with Gasteiger partial charge < -0.3 is 4.74 Å². The van der Waals surface area contributed by atoms with E-state index in [0.29, 0.717) is 0 Å². The van der Waals surface area contributed by atoms with Gasteiger partial charge in [-0.05, 0) is 47.7 Å². The summed E-state index contributed by atoms with van der Waals surface area (Å²) in [5, 5.41) is 5.09. The first-order valence-electron chi connectivity index (χ1n) is 6.43. The standard InChI is InChI=1S/C15H15NO3S/c16-20(17,18)14-7-5-11(6-8-14)13-4-3-12-2-1-9-19-15(12)10-13/h3-8,10H,1-2,9H2,(H2,16,17,18). The molecule has 2 aromatic carbocycles. The number of hydrogen-bond donors (Lipinski definition) is 1. The Balaban J connectivity index is 1.97. The third-order valence-corrected chi connectivity index (χ3v) is 4.36. The van der Waals surface area contributed by atoms with Crippen LogP contribution >= 0.6 is 0 Å². The lowest BCUT2D eigenvalue weighted by molar-refractivity contribution is 0.288. The number of benzene rings is 2. The molecule has 0 amide bonds. The number of rotatable bonds is 2. The van der Waals surface area contributed by atoms with Crippen LogP contribution in [0, 0.1) is 0 Å². The largest absolute Gasteiger partial charge is 0.493 e. The van der Waals surface area contributed by atoms with Crippen LogP contribution in [0.1, 0.15) is 12.0 Å². The molecular formula is C15H15NO3S. The number of nitrogens with two attached hydrogens (primary N) is 1. The summed E-state index contributed by atoms with van der Waals surface area (Å²) in [5.74, 6) is 0.921. The first-order chi connectivity index (χ1) is 9.54. The molecule has 20 heavy (non-hydrogen) atoms. The summed E-state index contributed by atoms with van der Waals surface area (Å²) in [5.41, 5.74) is 3.17. The van der Waals surface area contributed by atoms with Gasteiger partial charge in [0, 0.05) is 0 Å². The molecule has 5 heteroatoms. The Hall–Kier alpha value is -1.85. The van der Waals surface area contributed by atoms with Crippen molar-refractivity contribution < 1.29 is 13.2 Å². The maximum Gasteiger partial charge on any atom is 0.238 e. The molecule has 0 atom stereocenters. The average Bonchev–Trinajstić information content (AvgIpc) is 2.46. The minimum Gasteiger partial charge on any atom is -0.493 e. The lowest BCUT2D eigenvalue weighted by Gasteiger charge is -2.18. The topological polar surface area (TPSA) is 69.4 Å². The quantitative estimate of drug-likeness (QED) is 0.922. The van der Waals surface area contributed by atoms with Crippen LogP contribution in [0.2, 0.25) is 0 Å². The van der Waals surface area contributed by atoms with Gasteiger partial charge in [0.15, 0.2) is 0 Å². The summed E-state index contributed by atoms with van der Waals surface area (Å²) in [6.07, 6.45) is 2.09. The second-order valence-electron chi connectivity index (χ2n) is 4.84. The van der Waals surface area contributed by atoms with Crippen molar-refractivity contribution >= 4 is 10.0 Å². The Bertz CT molecular complexity index is 736. The predicted molar refractivity (Wildman–Crippen MR) is 77.1 cm³/mol. The van der Waals surface area contributed by atoms with Gasteiger partial charge in [0.05, 0.1) is 11.5 Å². The third-order valence-electron chi connectivity index (χ3n) is 3.43. The Morgan fingerprint density at radius 1 is 1.00 bits per heavy atom. The number of sulfonamides is 1. The van der Waals surface area contributed by atoms with Crippen LogP contribution in [-0.2, 0) is 16.4 Å². The molecule has 1 aliphatic heterocycles. The Morgan fingerprint density at radius 2 is 1.70 bits per heavy atom. The molecule has 2 N–H and O–H groups in total. The van der Waals surface area contributed by atoms with Crippen LogP contribution in [0.3, 0.4) is 0 Å². The molecule has 0 fully saturated rings. The van der Waals surface area contributed by atoms with Crippen molar-refractivity contribution in [3.63, 3.8) is 0 Å². The van der Waals surface area contributed by atoms with Crippen LogP contribution < -0.4 is 9.88 Å². The maximum absolute atomic E-state index is 11.2. The Morgan fingerprint density at radius 3 is 2.40 bits per heavy atom. The average molecular weight is 289 g/mol. The van der Waals surface area contributed by atoms with Gasteiger partial charge in [0.2, 0.25) is 10.0 Å². The molecule has 2 aromatic rings. The lowest BCUT2D eigenvalue weighted by Crippen LogP contribution is -2.11. The minimum atomic E-state index is -3.64. The number of ether oxygens (including phenoxy) is 1. The number of aryl methyl sites for hydroxylation is 1. The predicted octanol–water partition coefficient (Wildman–Crippen LogP) is 2.33. The third kappa shape index (κ3) is 2.55. The smallest absolute Gasteiger partial charge is 0.238 e. The summed E-state index contributed by atoms with van der Waals surface area (Å²) in [6.45, 7) is 0.751. The van der Waals surface area contributed by atoms with E-state index in [2.05, 4.69) is 6.07 Å². The van der Waals surface area contributed by atoms with E-state index in [1.807, 2.05) is 12.1 Å². The monoisotopic (exact) mass is 289 g/mol. The van der Waals surface area contributed by atoms with Gasteiger partial charge in [0.25, 0.3) is 0 Å². The molecule has 104 valence electrons. The first-order valence-corrected chi connectivity index (χ1v) is 7.98. The zero-order chi connectivity index (χ0) is 14.2. The fraction of sp³-hybridized carbons (Fsp3) is 0.200. The van der Waals surface area contributed by atoms with Crippen molar-refractivity contribution in [2.24, 2.45) is 5.14 Å². The van der Waals surface area contributed by atoms with Crippen molar-refractivity contribution in [2.45, 2.75) is 17.7 Å². The molecule has 0 spiro atoms. The molecule has 0 aromatic heterocycles. The van der Waals surface area contributed by atoms with Gasteiger partial charge in [0.1, 0.15) is 5.75 Å². The first kappa shape index (κ1) is 13.1. The SMILES string of the molecule is NS(=O)(=O)c1ccc(-c2ccc3c(c2)OCCC3)cc1. The van der Waals surface area contributed by atoms with E-state index in [0.717, 1.165) is 36.3 Å². The van der Waals surface area contributed by atoms with E-state index in [1.165, 1.54) is 17.7 Å². The second-order valence-corrected chi connectivity index (χ2v) is 6.41. The molecule has 0 radical (unpaired) electrons. The summed E-state index contributed by atoms with van der Waals surface area (Å²) in [6, 6.07) is 12.6. The molecule has 0 saturated carbocycles.